The van der Waals surface area contributed by atoms with E-state index >= 15 is 0 Å². The number of hydrogen-bond donors (Lipinski definition) is 0. The Kier molecular flexibility index (Phi) is 6.23. The molecule has 0 radical (unpaired) electrons. The van der Waals surface area contributed by atoms with Crippen LogP contribution in [0.2, 0.25) is 0 Å². The van der Waals surface area contributed by atoms with Crippen LogP contribution >= 0.6 is 0 Å². The smallest absolute Gasteiger partial charge is 0.289 e. The van der Waals surface area contributed by atoms with Gasteiger partial charge in [0.1, 0.15) is 5.82 Å². The first-order valence-electron chi connectivity index (χ1n) is 12.9. The fourth-order valence-corrected chi connectivity index (χ4v) is 5.34. The van der Waals surface area contributed by atoms with Crippen molar-refractivity contribution in [3.63, 3.8) is 0 Å². The zero-order chi connectivity index (χ0) is 24.5. The van der Waals surface area contributed by atoms with Gasteiger partial charge in [-0.25, -0.2) is 4.98 Å². The molecule has 2 fully saturated rings. The van der Waals surface area contributed by atoms with Crippen LogP contribution in [0.15, 0.2) is 53.1 Å². The van der Waals surface area contributed by atoms with Crippen molar-refractivity contribution in [1.82, 2.24) is 19.8 Å². The molecule has 0 unspecified atom stereocenters. The first kappa shape index (κ1) is 22.8. The largest absolute Gasteiger partial charge is 0.459 e. The number of para-hydroxylation sites is 1. The molecule has 0 saturated carbocycles. The third-order valence-electron chi connectivity index (χ3n) is 7.53. The van der Waals surface area contributed by atoms with Crippen LogP contribution in [-0.4, -0.2) is 91.6 Å². The summed E-state index contributed by atoms with van der Waals surface area (Å²) in [5, 5.41) is 0. The molecule has 3 aliphatic heterocycles. The Labute approximate surface area is 211 Å². The van der Waals surface area contributed by atoms with Gasteiger partial charge >= 0.3 is 0 Å². The number of anilines is 3. The Morgan fingerprint density at radius 2 is 1.53 bits per heavy atom. The van der Waals surface area contributed by atoms with Crippen molar-refractivity contribution < 1.29 is 9.21 Å². The fraction of sp³-hybridized carbons (Fsp3) is 0.444. The number of amides is 1. The van der Waals surface area contributed by atoms with Gasteiger partial charge in [0.15, 0.2) is 5.76 Å². The predicted octanol–water partition coefficient (Wildman–Crippen LogP) is 2.35. The van der Waals surface area contributed by atoms with Crippen LogP contribution in [0.1, 0.15) is 21.8 Å². The monoisotopic (exact) mass is 487 g/mol. The highest BCUT2D eigenvalue weighted by atomic mass is 16.3. The second-order valence-electron chi connectivity index (χ2n) is 9.83. The molecule has 0 aliphatic carbocycles. The number of likely N-dealkylation sites (N-methyl/N-ethyl adjacent to an activating group) is 1. The van der Waals surface area contributed by atoms with Crippen LogP contribution < -0.4 is 14.7 Å². The fourth-order valence-electron chi connectivity index (χ4n) is 5.34. The molecule has 9 nitrogen and oxygen atoms in total. The van der Waals surface area contributed by atoms with E-state index in [1.807, 2.05) is 4.90 Å². The highest BCUT2D eigenvalue weighted by Crippen LogP contribution is 2.31. The minimum atomic E-state index is -0.0731. The van der Waals surface area contributed by atoms with Crippen LogP contribution in [0, 0.1) is 0 Å². The van der Waals surface area contributed by atoms with Gasteiger partial charge in [-0.05, 0) is 31.3 Å². The molecular formula is C27H33N7O2. The maximum Gasteiger partial charge on any atom is 0.289 e. The van der Waals surface area contributed by atoms with E-state index in [0.717, 1.165) is 81.8 Å². The van der Waals surface area contributed by atoms with Crippen molar-refractivity contribution in [2.24, 2.45) is 0 Å². The Morgan fingerprint density at radius 3 is 2.25 bits per heavy atom. The average Bonchev–Trinajstić information content (AvgIpc) is 3.48. The van der Waals surface area contributed by atoms with E-state index in [-0.39, 0.29) is 5.91 Å². The van der Waals surface area contributed by atoms with Gasteiger partial charge in [-0.2, -0.15) is 4.98 Å². The highest BCUT2D eigenvalue weighted by Gasteiger charge is 2.31. The molecule has 3 aliphatic rings. The topological polar surface area (TPSA) is 72.2 Å². The lowest BCUT2D eigenvalue weighted by atomic mass is 10.0. The van der Waals surface area contributed by atoms with E-state index < -0.39 is 0 Å². The summed E-state index contributed by atoms with van der Waals surface area (Å²) in [5.41, 5.74) is 3.42. The third-order valence-corrected chi connectivity index (χ3v) is 7.53. The summed E-state index contributed by atoms with van der Waals surface area (Å²) in [4.78, 5) is 34.6. The average molecular weight is 488 g/mol. The first-order valence-corrected chi connectivity index (χ1v) is 12.9. The minimum absolute atomic E-state index is 0.0731. The Hall–Kier alpha value is -3.59. The second-order valence-corrected chi connectivity index (χ2v) is 9.83. The Morgan fingerprint density at radius 1 is 0.806 bits per heavy atom. The van der Waals surface area contributed by atoms with Crippen LogP contribution in [0.4, 0.5) is 17.5 Å². The molecule has 0 atom stereocenters. The van der Waals surface area contributed by atoms with Crippen LogP contribution in [0.25, 0.3) is 0 Å². The molecule has 0 bridgehead atoms. The number of fused-ring (bicyclic) bond motifs is 1. The molecule has 1 amide bonds. The van der Waals surface area contributed by atoms with Gasteiger partial charge in [-0.15, -0.1) is 0 Å². The quantitative estimate of drug-likeness (QED) is 0.556. The van der Waals surface area contributed by atoms with Gasteiger partial charge in [0.05, 0.1) is 18.5 Å². The summed E-state index contributed by atoms with van der Waals surface area (Å²) in [6.45, 7) is 8.65. The number of carbonyl (C=O) groups is 1. The standard InChI is InChI=1S/C27H33N7O2/c1-30-11-13-32(14-12-30)25-22-20-34(26(35)24-8-5-19-36-24)10-9-23(22)28-27(29-25)33-17-15-31(16-18-33)21-6-3-2-4-7-21/h2-8,19H,9-18,20H2,1H3. The van der Waals surface area contributed by atoms with E-state index in [1.165, 1.54) is 5.69 Å². The Bertz CT molecular complexity index is 1180. The SMILES string of the molecule is CN1CCN(c2nc(N3CCN(c4ccccc4)CC3)nc3c2CN(C(=O)c2ccco2)CC3)CC1. The van der Waals surface area contributed by atoms with E-state index in [1.54, 1.807) is 18.4 Å². The number of hydrogen-bond acceptors (Lipinski definition) is 8. The summed E-state index contributed by atoms with van der Waals surface area (Å²) < 4.78 is 5.38. The van der Waals surface area contributed by atoms with Gasteiger partial charge in [0, 0.05) is 76.6 Å². The normalized spacial score (nSPS) is 18.9. The van der Waals surface area contributed by atoms with Crippen LogP contribution in [-0.2, 0) is 13.0 Å². The zero-order valence-electron chi connectivity index (χ0n) is 20.8. The molecule has 1 aromatic carbocycles. The van der Waals surface area contributed by atoms with Crippen LogP contribution in [0.3, 0.4) is 0 Å². The lowest BCUT2D eigenvalue weighted by Gasteiger charge is -2.39. The van der Waals surface area contributed by atoms with E-state index in [0.29, 0.717) is 18.8 Å². The summed E-state index contributed by atoms with van der Waals surface area (Å²) >= 11 is 0. The van der Waals surface area contributed by atoms with E-state index in [2.05, 4.69) is 57.0 Å². The summed E-state index contributed by atoms with van der Waals surface area (Å²) in [6.07, 6.45) is 2.27. The summed E-state index contributed by atoms with van der Waals surface area (Å²) in [7, 11) is 2.16. The third kappa shape index (κ3) is 4.51. The predicted molar refractivity (Wildman–Crippen MR) is 140 cm³/mol. The van der Waals surface area contributed by atoms with Gasteiger partial charge in [-0.3, -0.25) is 4.79 Å². The molecule has 2 saturated heterocycles. The number of piperazine rings is 2. The van der Waals surface area contributed by atoms with Gasteiger partial charge in [0.25, 0.3) is 5.91 Å². The molecule has 2 aromatic heterocycles. The Balaban J connectivity index is 1.26. The lowest BCUT2D eigenvalue weighted by Crippen LogP contribution is -2.48. The lowest BCUT2D eigenvalue weighted by molar-refractivity contribution is 0.0701. The number of rotatable bonds is 4. The van der Waals surface area contributed by atoms with Crippen LogP contribution in [0.5, 0.6) is 0 Å². The van der Waals surface area contributed by atoms with Gasteiger partial charge in [-0.1, -0.05) is 18.2 Å². The van der Waals surface area contributed by atoms with Crippen molar-refractivity contribution in [1.29, 1.82) is 0 Å². The first-order chi connectivity index (χ1) is 17.7. The maximum atomic E-state index is 13.0. The highest BCUT2D eigenvalue weighted by molar-refractivity contribution is 5.91. The molecule has 3 aromatic rings. The summed E-state index contributed by atoms with van der Waals surface area (Å²) in [6, 6.07) is 14.1. The molecule has 36 heavy (non-hydrogen) atoms. The molecule has 188 valence electrons. The molecule has 0 N–H and O–H groups in total. The van der Waals surface area contributed by atoms with Crippen molar-refractivity contribution in [3.8, 4) is 0 Å². The molecule has 0 spiro atoms. The van der Waals surface area contributed by atoms with E-state index in [9.17, 15) is 4.79 Å². The molecule has 5 heterocycles. The number of nitrogens with zero attached hydrogens (tertiary/aromatic N) is 7. The van der Waals surface area contributed by atoms with Gasteiger partial charge < -0.3 is 28.9 Å². The van der Waals surface area contributed by atoms with Gasteiger partial charge in [0.2, 0.25) is 5.95 Å². The molecule has 9 heteroatoms. The second kappa shape index (κ2) is 9.81. The minimum Gasteiger partial charge on any atom is -0.459 e. The maximum absolute atomic E-state index is 13.0. The zero-order valence-corrected chi connectivity index (χ0v) is 20.8. The van der Waals surface area contributed by atoms with E-state index in [4.69, 9.17) is 14.4 Å². The number of aromatic nitrogens is 2. The van der Waals surface area contributed by atoms with Crippen molar-refractivity contribution >= 4 is 23.4 Å². The van der Waals surface area contributed by atoms with Crippen molar-refractivity contribution in [2.45, 2.75) is 13.0 Å². The summed E-state index contributed by atoms with van der Waals surface area (Å²) in [5.74, 6) is 2.12. The molecule has 6 rings (SSSR count). The van der Waals surface area contributed by atoms with Crippen molar-refractivity contribution in [3.05, 3.63) is 65.7 Å². The van der Waals surface area contributed by atoms with Crippen molar-refractivity contribution in [2.75, 3.05) is 80.7 Å². The molecular weight excluding hydrogens is 454 g/mol. The number of carbonyl (C=O) groups excluding carboxylic acids is 1. The number of furan rings is 1. The number of benzene rings is 1.